The Morgan fingerprint density at radius 2 is 2.06 bits per heavy atom. The lowest BCUT2D eigenvalue weighted by Gasteiger charge is -2.29. The van der Waals surface area contributed by atoms with E-state index in [2.05, 4.69) is 32.4 Å². The van der Waals surface area contributed by atoms with E-state index in [0.29, 0.717) is 23.2 Å². The van der Waals surface area contributed by atoms with Gasteiger partial charge in [0.25, 0.3) is 0 Å². The van der Waals surface area contributed by atoms with E-state index in [0.717, 1.165) is 5.56 Å². The van der Waals surface area contributed by atoms with Crippen LogP contribution in [0.5, 0.6) is 0 Å². The average molecular weight is 290 g/mol. The van der Waals surface area contributed by atoms with Gasteiger partial charge in [0, 0.05) is 13.1 Å². The van der Waals surface area contributed by atoms with Crippen molar-refractivity contribution in [2.45, 2.75) is 38.4 Å². The summed E-state index contributed by atoms with van der Waals surface area (Å²) >= 11 is 1.21. The minimum absolute atomic E-state index is 0.0684. The fourth-order valence-electron chi connectivity index (χ4n) is 1.16. The minimum atomic E-state index is -3.40. The van der Waals surface area contributed by atoms with Gasteiger partial charge in [-0.15, -0.1) is 11.3 Å². The summed E-state index contributed by atoms with van der Waals surface area (Å²) in [4.78, 5) is 0. The number of hydrogen-bond donors (Lipinski definition) is 2. The van der Waals surface area contributed by atoms with E-state index >= 15 is 0 Å². The average Bonchev–Trinajstić information content (AvgIpc) is 2.75. The second kappa shape index (κ2) is 5.69. The molecule has 0 fully saturated rings. The van der Waals surface area contributed by atoms with Gasteiger partial charge in [0.2, 0.25) is 10.0 Å². The molecule has 18 heavy (non-hydrogen) atoms. The zero-order valence-corrected chi connectivity index (χ0v) is 13.0. The van der Waals surface area contributed by atoms with Gasteiger partial charge >= 0.3 is 0 Å². The highest BCUT2D eigenvalue weighted by molar-refractivity contribution is 7.91. The Hall–Kier alpha value is -0.430. The quantitative estimate of drug-likeness (QED) is 0.843. The molecule has 0 spiro atoms. The Kier molecular flexibility index (Phi) is 4.94. The molecule has 0 amide bonds. The van der Waals surface area contributed by atoms with E-state index in [-0.39, 0.29) is 5.41 Å². The first-order valence-electron chi connectivity index (χ1n) is 5.96. The number of rotatable bonds is 6. The molecule has 6 heteroatoms. The molecule has 0 saturated carbocycles. The molecule has 1 aromatic rings. The van der Waals surface area contributed by atoms with Crippen molar-refractivity contribution in [1.29, 1.82) is 0 Å². The maximum Gasteiger partial charge on any atom is 0.250 e. The van der Waals surface area contributed by atoms with Crippen LogP contribution in [0.3, 0.4) is 0 Å². The Balaban J connectivity index is 2.77. The van der Waals surface area contributed by atoms with Crippen LogP contribution in [-0.2, 0) is 16.6 Å². The molecule has 0 saturated heterocycles. The van der Waals surface area contributed by atoms with Crippen molar-refractivity contribution < 1.29 is 8.42 Å². The Morgan fingerprint density at radius 3 is 2.50 bits per heavy atom. The molecular weight excluding hydrogens is 268 g/mol. The molecule has 1 aromatic heterocycles. The standard InChI is InChI=1S/C12H22N2O2S2/c1-9(2)12(3,4)8-14-18(15,16)11-5-10(6-13)7-17-11/h5,7,9,14H,6,8,13H2,1-4H3. The van der Waals surface area contributed by atoms with Crippen LogP contribution in [0, 0.1) is 11.3 Å². The summed E-state index contributed by atoms with van der Waals surface area (Å²) in [6.07, 6.45) is 0. The monoisotopic (exact) mass is 290 g/mol. The number of sulfonamides is 1. The summed E-state index contributed by atoms with van der Waals surface area (Å²) in [5.41, 5.74) is 6.26. The van der Waals surface area contributed by atoms with Crippen LogP contribution < -0.4 is 10.5 Å². The normalized spacial score (nSPS) is 13.2. The van der Waals surface area contributed by atoms with Crippen molar-refractivity contribution in [1.82, 2.24) is 4.72 Å². The van der Waals surface area contributed by atoms with Crippen LogP contribution in [0.1, 0.15) is 33.3 Å². The van der Waals surface area contributed by atoms with Gasteiger partial charge in [0.05, 0.1) is 0 Å². The molecule has 1 rings (SSSR count). The predicted octanol–water partition coefficient (Wildman–Crippen LogP) is 2.17. The van der Waals surface area contributed by atoms with Crippen LogP contribution in [0.4, 0.5) is 0 Å². The maximum atomic E-state index is 12.1. The lowest BCUT2D eigenvalue weighted by atomic mass is 9.81. The fraction of sp³-hybridized carbons (Fsp3) is 0.667. The Labute approximate surface area is 114 Å². The molecule has 0 aliphatic rings. The van der Waals surface area contributed by atoms with Gasteiger partial charge in [0.1, 0.15) is 4.21 Å². The largest absolute Gasteiger partial charge is 0.326 e. The van der Waals surface area contributed by atoms with E-state index in [1.54, 1.807) is 11.4 Å². The van der Waals surface area contributed by atoms with E-state index < -0.39 is 10.0 Å². The van der Waals surface area contributed by atoms with E-state index in [9.17, 15) is 8.42 Å². The van der Waals surface area contributed by atoms with Crippen LogP contribution in [0.15, 0.2) is 15.7 Å². The third kappa shape index (κ3) is 3.78. The van der Waals surface area contributed by atoms with Crippen LogP contribution in [-0.4, -0.2) is 15.0 Å². The summed E-state index contributed by atoms with van der Waals surface area (Å²) in [6.45, 7) is 9.09. The van der Waals surface area contributed by atoms with E-state index in [1.165, 1.54) is 11.3 Å². The summed E-state index contributed by atoms with van der Waals surface area (Å²) in [6, 6.07) is 1.63. The van der Waals surface area contributed by atoms with Gasteiger partial charge in [0.15, 0.2) is 0 Å². The summed E-state index contributed by atoms with van der Waals surface area (Å²) in [5, 5.41) is 1.78. The molecule has 0 atom stereocenters. The summed E-state index contributed by atoms with van der Waals surface area (Å²) < 4.78 is 27.2. The number of nitrogens with two attached hydrogens (primary N) is 1. The topological polar surface area (TPSA) is 72.2 Å². The molecule has 0 unspecified atom stereocenters. The van der Waals surface area contributed by atoms with Crippen LogP contribution in [0.25, 0.3) is 0 Å². The highest BCUT2D eigenvalue weighted by Gasteiger charge is 2.26. The van der Waals surface area contributed by atoms with Crippen LogP contribution in [0.2, 0.25) is 0 Å². The molecule has 0 aliphatic heterocycles. The molecule has 0 radical (unpaired) electrons. The molecule has 1 heterocycles. The maximum absolute atomic E-state index is 12.1. The van der Waals surface area contributed by atoms with Gasteiger partial charge in [-0.05, 0) is 28.3 Å². The van der Waals surface area contributed by atoms with Crippen molar-refractivity contribution in [2.24, 2.45) is 17.1 Å². The number of nitrogens with one attached hydrogen (secondary N) is 1. The van der Waals surface area contributed by atoms with Gasteiger partial charge in [-0.3, -0.25) is 0 Å². The lowest BCUT2D eigenvalue weighted by Crippen LogP contribution is -2.36. The highest BCUT2D eigenvalue weighted by Crippen LogP contribution is 2.26. The van der Waals surface area contributed by atoms with Crippen molar-refractivity contribution in [3.63, 3.8) is 0 Å². The first-order valence-corrected chi connectivity index (χ1v) is 8.32. The molecular formula is C12H22N2O2S2. The second-order valence-corrected chi connectivity index (χ2v) is 8.35. The van der Waals surface area contributed by atoms with Gasteiger partial charge in [-0.2, -0.15) is 0 Å². The molecule has 0 bridgehead atoms. The first kappa shape index (κ1) is 15.6. The highest BCUT2D eigenvalue weighted by atomic mass is 32.2. The zero-order valence-electron chi connectivity index (χ0n) is 11.4. The van der Waals surface area contributed by atoms with Crippen LogP contribution >= 0.6 is 11.3 Å². The van der Waals surface area contributed by atoms with E-state index in [1.807, 2.05) is 0 Å². The minimum Gasteiger partial charge on any atom is -0.326 e. The van der Waals surface area contributed by atoms with Crippen molar-refractivity contribution in [3.05, 3.63) is 17.0 Å². The van der Waals surface area contributed by atoms with Gasteiger partial charge in [-0.25, -0.2) is 13.1 Å². The van der Waals surface area contributed by atoms with E-state index in [4.69, 9.17) is 5.73 Å². The first-order chi connectivity index (χ1) is 8.19. The van der Waals surface area contributed by atoms with Crippen molar-refractivity contribution in [3.8, 4) is 0 Å². The number of thiophene rings is 1. The predicted molar refractivity (Wildman–Crippen MR) is 76.0 cm³/mol. The number of hydrogen-bond acceptors (Lipinski definition) is 4. The fourth-order valence-corrected chi connectivity index (χ4v) is 3.65. The summed E-state index contributed by atoms with van der Waals surface area (Å²) in [7, 11) is -3.40. The third-order valence-electron chi connectivity index (χ3n) is 3.41. The smallest absolute Gasteiger partial charge is 0.250 e. The Bertz CT molecular complexity index is 490. The van der Waals surface area contributed by atoms with Crippen molar-refractivity contribution >= 4 is 21.4 Å². The molecule has 0 aliphatic carbocycles. The van der Waals surface area contributed by atoms with Crippen molar-refractivity contribution in [2.75, 3.05) is 6.54 Å². The lowest BCUT2D eigenvalue weighted by molar-refractivity contribution is 0.252. The third-order valence-corrected chi connectivity index (χ3v) is 6.30. The van der Waals surface area contributed by atoms with Gasteiger partial charge < -0.3 is 5.73 Å². The SMILES string of the molecule is CC(C)C(C)(C)CNS(=O)(=O)c1cc(CN)cs1. The molecule has 104 valence electrons. The molecule has 3 N–H and O–H groups in total. The Morgan fingerprint density at radius 1 is 1.44 bits per heavy atom. The molecule has 0 aromatic carbocycles. The molecule has 4 nitrogen and oxygen atoms in total. The zero-order chi connectivity index (χ0) is 14.0. The van der Waals surface area contributed by atoms with Gasteiger partial charge in [-0.1, -0.05) is 27.7 Å². The second-order valence-electron chi connectivity index (χ2n) is 5.45. The summed E-state index contributed by atoms with van der Waals surface area (Å²) in [5.74, 6) is 0.406.